The van der Waals surface area contributed by atoms with Crippen molar-refractivity contribution in [3.8, 4) is 0 Å². The Kier molecular flexibility index (Phi) is 3.13. The minimum atomic E-state index is -0.888. The lowest BCUT2D eigenvalue weighted by Crippen LogP contribution is -2.53. The quantitative estimate of drug-likeness (QED) is 0.320. The summed E-state index contributed by atoms with van der Waals surface area (Å²) in [6, 6.07) is -0.358. The molecule has 0 spiro atoms. The first-order chi connectivity index (χ1) is 9.56. The molecule has 106 valence electrons. The van der Waals surface area contributed by atoms with E-state index in [0.717, 1.165) is 0 Å². The highest BCUT2D eigenvalue weighted by molar-refractivity contribution is 6.12. The molecular formula is C12H15N5O3. The van der Waals surface area contributed by atoms with Gasteiger partial charge in [0.1, 0.15) is 6.10 Å². The minimum absolute atomic E-state index is 0.0626. The third-order valence-electron chi connectivity index (χ3n) is 3.52. The first-order valence-corrected chi connectivity index (χ1v) is 6.27. The van der Waals surface area contributed by atoms with Gasteiger partial charge < -0.3 is 20.8 Å². The zero-order valence-electron chi connectivity index (χ0n) is 10.5. The molecule has 8 nitrogen and oxygen atoms in total. The normalized spacial score (nSPS) is 35.3. The van der Waals surface area contributed by atoms with Gasteiger partial charge in [-0.15, -0.1) is 0 Å². The van der Waals surface area contributed by atoms with Gasteiger partial charge in [0.2, 0.25) is 0 Å². The molecule has 1 saturated heterocycles. The Hall–Kier alpha value is -2.03. The number of nitrogens with one attached hydrogen (secondary N) is 4. The number of aliphatic hydroxyl groups is 2. The predicted octanol–water partition coefficient (Wildman–Crippen LogP) is -2.40. The van der Waals surface area contributed by atoms with E-state index >= 15 is 0 Å². The average molecular weight is 277 g/mol. The third kappa shape index (κ3) is 2.13. The Balaban J connectivity index is 1.69. The molecule has 2 heterocycles. The lowest BCUT2D eigenvalue weighted by Gasteiger charge is -2.23. The second kappa shape index (κ2) is 4.82. The van der Waals surface area contributed by atoms with Gasteiger partial charge in [-0.25, -0.2) is 0 Å². The van der Waals surface area contributed by atoms with Crippen LogP contribution < -0.4 is 16.0 Å². The van der Waals surface area contributed by atoms with E-state index in [4.69, 9.17) is 5.41 Å². The molecule has 8 heteroatoms. The number of nitrogens with zero attached hydrogens (tertiary/aromatic N) is 1. The molecule has 2 unspecified atom stereocenters. The standard InChI is InChI=1S/C12H15N5O3/c13-12-16-10-8(11(20)17-12)5(4-15-10)3-14-6-1-2-7(18)9(6)19/h1-2,4,6-7,9-10,14,18-19H,3H2,(H3,13,16,17,20)/t6?,7-,9+,10?/m0/s1. The topological polar surface area (TPSA) is 130 Å². The van der Waals surface area contributed by atoms with E-state index < -0.39 is 18.4 Å². The van der Waals surface area contributed by atoms with E-state index in [-0.39, 0.29) is 17.9 Å². The SMILES string of the molecule is N=C1NC(=O)C2=C(CNC3C=C[C@H](O)[C@@H]3O)C=NC2N1. The molecule has 0 saturated carbocycles. The highest BCUT2D eigenvalue weighted by Gasteiger charge is 2.34. The summed E-state index contributed by atoms with van der Waals surface area (Å²) in [5.41, 5.74) is 1.18. The van der Waals surface area contributed by atoms with Gasteiger partial charge >= 0.3 is 0 Å². The summed E-state index contributed by atoms with van der Waals surface area (Å²) in [5, 5.41) is 34.7. The monoisotopic (exact) mass is 277 g/mol. The largest absolute Gasteiger partial charge is 0.388 e. The number of aliphatic hydroxyl groups excluding tert-OH is 2. The van der Waals surface area contributed by atoms with Crippen molar-refractivity contribution in [3.63, 3.8) is 0 Å². The highest BCUT2D eigenvalue weighted by Crippen LogP contribution is 2.19. The maximum atomic E-state index is 11.8. The minimum Gasteiger partial charge on any atom is -0.388 e. The lowest BCUT2D eigenvalue weighted by molar-refractivity contribution is -0.116. The molecule has 0 aromatic heterocycles. The van der Waals surface area contributed by atoms with Gasteiger partial charge in [-0.3, -0.25) is 20.5 Å². The summed E-state index contributed by atoms with van der Waals surface area (Å²) in [5.74, 6) is -0.400. The van der Waals surface area contributed by atoms with Gasteiger partial charge in [-0.1, -0.05) is 12.2 Å². The zero-order chi connectivity index (χ0) is 14.3. The first-order valence-electron chi connectivity index (χ1n) is 6.27. The van der Waals surface area contributed by atoms with E-state index in [1.807, 2.05) is 0 Å². The summed E-state index contributed by atoms with van der Waals surface area (Å²) in [4.78, 5) is 16.0. The number of rotatable bonds is 3. The highest BCUT2D eigenvalue weighted by atomic mass is 16.3. The van der Waals surface area contributed by atoms with Gasteiger partial charge in [0.15, 0.2) is 12.1 Å². The summed E-state index contributed by atoms with van der Waals surface area (Å²) >= 11 is 0. The van der Waals surface area contributed by atoms with E-state index in [0.29, 0.717) is 17.7 Å². The van der Waals surface area contributed by atoms with Crippen LogP contribution in [0.3, 0.4) is 0 Å². The van der Waals surface area contributed by atoms with Crippen LogP contribution in [0.1, 0.15) is 0 Å². The fourth-order valence-corrected chi connectivity index (χ4v) is 2.45. The molecule has 0 aromatic rings. The molecule has 3 aliphatic rings. The van der Waals surface area contributed by atoms with Crippen LogP contribution in [0, 0.1) is 5.41 Å². The molecule has 4 atom stereocenters. The predicted molar refractivity (Wildman–Crippen MR) is 71.3 cm³/mol. The van der Waals surface area contributed by atoms with Gasteiger partial charge in [-0.05, 0) is 5.57 Å². The van der Waals surface area contributed by atoms with Crippen LogP contribution >= 0.6 is 0 Å². The smallest absolute Gasteiger partial charge is 0.258 e. The number of hydrogen-bond acceptors (Lipinski definition) is 6. The molecule has 3 rings (SSSR count). The van der Waals surface area contributed by atoms with Crippen molar-refractivity contribution < 1.29 is 15.0 Å². The van der Waals surface area contributed by atoms with Crippen molar-refractivity contribution in [1.82, 2.24) is 16.0 Å². The second-order valence-corrected chi connectivity index (χ2v) is 4.87. The maximum Gasteiger partial charge on any atom is 0.258 e. The summed E-state index contributed by atoms with van der Waals surface area (Å²) < 4.78 is 0. The summed E-state index contributed by atoms with van der Waals surface area (Å²) in [7, 11) is 0. The Labute approximate surface area is 114 Å². The second-order valence-electron chi connectivity index (χ2n) is 4.87. The number of hydrogen-bond donors (Lipinski definition) is 6. The van der Waals surface area contributed by atoms with Gasteiger partial charge in [0, 0.05) is 12.8 Å². The lowest BCUT2D eigenvalue weighted by atomic mass is 10.1. The van der Waals surface area contributed by atoms with Crippen LogP contribution in [-0.4, -0.2) is 59.3 Å². The number of carbonyl (C=O) groups is 1. The third-order valence-corrected chi connectivity index (χ3v) is 3.52. The van der Waals surface area contributed by atoms with Crippen molar-refractivity contribution in [1.29, 1.82) is 5.41 Å². The molecule has 1 fully saturated rings. The first kappa shape index (κ1) is 13.0. The molecule has 0 aromatic carbocycles. The van der Waals surface area contributed by atoms with E-state index in [1.54, 1.807) is 12.3 Å². The van der Waals surface area contributed by atoms with Crippen molar-refractivity contribution >= 4 is 18.1 Å². The molecule has 1 amide bonds. The molecular weight excluding hydrogens is 262 g/mol. The van der Waals surface area contributed by atoms with Gasteiger partial charge in [0.25, 0.3) is 5.91 Å². The number of aliphatic imine (C=N–C) groups is 1. The van der Waals surface area contributed by atoms with Gasteiger partial charge in [-0.2, -0.15) is 0 Å². The fourth-order valence-electron chi connectivity index (χ4n) is 2.45. The number of fused-ring (bicyclic) bond motifs is 1. The molecule has 1 aliphatic carbocycles. The van der Waals surface area contributed by atoms with Crippen LogP contribution in [0.2, 0.25) is 0 Å². The van der Waals surface area contributed by atoms with E-state index in [2.05, 4.69) is 20.9 Å². The van der Waals surface area contributed by atoms with Crippen LogP contribution in [0.5, 0.6) is 0 Å². The van der Waals surface area contributed by atoms with Crippen LogP contribution in [0.25, 0.3) is 0 Å². The van der Waals surface area contributed by atoms with Crippen LogP contribution in [-0.2, 0) is 4.79 Å². The zero-order valence-corrected chi connectivity index (χ0v) is 10.5. The van der Waals surface area contributed by atoms with Crippen molar-refractivity contribution in [2.24, 2.45) is 4.99 Å². The van der Waals surface area contributed by atoms with Crippen LogP contribution in [0.15, 0.2) is 28.3 Å². The summed E-state index contributed by atoms with van der Waals surface area (Å²) in [6.45, 7) is 0.344. The van der Waals surface area contributed by atoms with Crippen molar-refractivity contribution in [2.45, 2.75) is 24.4 Å². The molecule has 6 N–H and O–H groups in total. The fraction of sp³-hybridized carbons (Fsp3) is 0.417. The Morgan fingerprint density at radius 2 is 2.20 bits per heavy atom. The Morgan fingerprint density at radius 1 is 1.40 bits per heavy atom. The molecule has 20 heavy (non-hydrogen) atoms. The van der Waals surface area contributed by atoms with Crippen LogP contribution in [0.4, 0.5) is 0 Å². The summed E-state index contributed by atoms with van der Waals surface area (Å²) in [6.07, 6.45) is 2.54. The number of carbonyl (C=O) groups excluding carboxylic acids is 1. The van der Waals surface area contributed by atoms with E-state index in [9.17, 15) is 15.0 Å². The van der Waals surface area contributed by atoms with Gasteiger partial charge in [0.05, 0.1) is 17.7 Å². The van der Waals surface area contributed by atoms with Crippen molar-refractivity contribution in [2.75, 3.05) is 6.54 Å². The molecule has 0 radical (unpaired) electrons. The maximum absolute atomic E-state index is 11.8. The molecule has 2 aliphatic heterocycles. The van der Waals surface area contributed by atoms with Crippen molar-refractivity contribution in [3.05, 3.63) is 23.3 Å². The molecule has 0 bridgehead atoms. The Bertz CT molecular complexity index is 553. The number of guanidine groups is 1. The number of amides is 1. The Morgan fingerprint density at radius 3 is 2.90 bits per heavy atom. The average Bonchev–Trinajstić information content (AvgIpc) is 2.93. The van der Waals surface area contributed by atoms with E-state index in [1.165, 1.54) is 6.08 Å².